The van der Waals surface area contributed by atoms with E-state index in [0.29, 0.717) is 46.3 Å². The lowest BCUT2D eigenvalue weighted by molar-refractivity contribution is -0.136. The van der Waals surface area contributed by atoms with Gasteiger partial charge in [-0.25, -0.2) is 0 Å². The predicted molar refractivity (Wildman–Crippen MR) is 99.2 cm³/mol. The van der Waals surface area contributed by atoms with Gasteiger partial charge in [-0.2, -0.15) is 0 Å². The molecule has 0 aliphatic carbocycles. The molecule has 142 valence electrons. The highest BCUT2D eigenvalue weighted by atomic mass is 32.2. The highest BCUT2D eigenvalue weighted by Gasteiger charge is 2.38. The van der Waals surface area contributed by atoms with Crippen LogP contribution >= 0.6 is 11.8 Å². The number of benzene rings is 1. The second-order valence-electron chi connectivity index (χ2n) is 5.45. The molecule has 7 nitrogen and oxygen atoms in total. The molecule has 1 aromatic rings. The Morgan fingerprint density at radius 3 is 2.42 bits per heavy atom. The summed E-state index contributed by atoms with van der Waals surface area (Å²) in [6.45, 7) is 0.659. The molecule has 1 aromatic carbocycles. The van der Waals surface area contributed by atoms with Gasteiger partial charge < -0.3 is 19.3 Å². The molecular weight excluding hydrogens is 358 g/mol. The molecule has 8 heteroatoms. The van der Waals surface area contributed by atoms with Crippen LogP contribution in [0.2, 0.25) is 0 Å². The van der Waals surface area contributed by atoms with Crippen LogP contribution in [0.5, 0.6) is 11.5 Å². The van der Waals surface area contributed by atoms with Gasteiger partial charge in [0.1, 0.15) is 0 Å². The SMILES string of the molecule is COCCCN1C(=O)C(SCCO)=C(c2ccc(OC)c(OC)c2)C1=O. The third kappa shape index (κ3) is 4.20. The molecular formula is C18H23NO6S. The number of carbonyl (C=O) groups excluding carboxylic acids is 2. The van der Waals surface area contributed by atoms with E-state index in [0.717, 1.165) is 0 Å². The minimum Gasteiger partial charge on any atom is -0.493 e. The molecule has 1 aliphatic heterocycles. The van der Waals surface area contributed by atoms with Gasteiger partial charge in [0.05, 0.1) is 31.3 Å². The van der Waals surface area contributed by atoms with E-state index in [1.165, 1.54) is 30.9 Å². The van der Waals surface area contributed by atoms with Crippen molar-refractivity contribution in [3.05, 3.63) is 28.7 Å². The zero-order valence-corrected chi connectivity index (χ0v) is 15.9. The topological polar surface area (TPSA) is 85.3 Å². The van der Waals surface area contributed by atoms with Gasteiger partial charge in [0.25, 0.3) is 11.8 Å². The first kappa shape index (κ1) is 20.3. The predicted octanol–water partition coefficient (Wildman–Crippen LogP) is 1.55. The number of nitrogens with zero attached hydrogens (tertiary/aromatic N) is 1. The van der Waals surface area contributed by atoms with E-state index >= 15 is 0 Å². The van der Waals surface area contributed by atoms with Crippen LogP contribution in [-0.4, -0.2) is 68.7 Å². The van der Waals surface area contributed by atoms with Crippen LogP contribution in [-0.2, 0) is 14.3 Å². The summed E-state index contributed by atoms with van der Waals surface area (Å²) < 4.78 is 15.5. The van der Waals surface area contributed by atoms with Crippen LogP contribution in [0.3, 0.4) is 0 Å². The maximum absolute atomic E-state index is 12.9. The number of hydrogen-bond donors (Lipinski definition) is 1. The lowest BCUT2D eigenvalue weighted by Crippen LogP contribution is -2.33. The van der Waals surface area contributed by atoms with Crippen LogP contribution in [0, 0.1) is 0 Å². The molecule has 0 fully saturated rings. The average molecular weight is 381 g/mol. The molecule has 2 rings (SSSR count). The Bertz CT molecular complexity index is 703. The van der Waals surface area contributed by atoms with E-state index in [9.17, 15) is 9.59 Å². The normalized spacial score (nSPS) is 14.4. The zero-order valence-electron chi connectivity index (χ0n) is 15.1. The van der Waals surface area contributed by atoms with Gasteiger partial charge >= 0.3 is 0 Å². The van der Waals surface area contributed by atoms with Crippen molar-refractivity contribution in [3.63, 3.8) is 0 Å². The lowest BCUT2D eigenvalue weighted by Gasteiger charge is -2.15. The molecule has 1 N–H and O–H groups in total. The summed E-state index contributed by atoms with van der Waals surface area (Å²) in [7, 11) is 4.61. The maximum Gasteiger partial charge on any atom is 0.267 e. The number of methoxy groups -OCH3 is 3. The Hall–Kier alpha value is -2.03. The number of ether oxygens (including phenoxy) is 3. The smallest absolute Gasteiger partial charge is 0.267 e. The van der Waals surface area contributed by atoms with Crippen LogP contribution in [0.25, 0.3) is 5.57 Å². The molecule has 0 saturated heterocycles. The summed E-state index contributed by atoms with van der Waals surface area (Å²) in [4.78, 5) is 27.2. The summed E-state index contributed by atoms with van der Waals surface area (Å²) in [5.41, 5.74) is 0.905. The molecule has 0 radical (unpaired) electrons. The highest BCUT2D eigenvalue weighted by molar-refractivity contribution is 8.04. The van der Waals surface area contributed by atoms with Crippen molar-refractivity contribution >= 4 is 29.1 Å². The van der Waals surface area contributed by atoms with Gasteiger partial charge in [-0.3, -0.25) is 14.5 Å². The number of hydrogen-bond acceptors (Lipinski definition) is 7. The highest BCUT2D eigenvalue weighted by Crippen LogP contribution is 2.39. The molecule has 0 saturated carbocycles. The number of rotatable bonds is 10. The van der Waals surface area contributed by atoms with Crippen molar-refractivity contribution < 1.29 is 28.9 Å². The molecule has 26 heavy (non-hydrogen) atoms. The van der Waals surface area contributed by atoms with Crippen LogP contribution in [0.4, 0.5) is 0 Å². The number of aliphatic hydroxyl groups is 1. The van der Waals surface area contributed by atoms with E-state index in [1.54, 1.807) is 25.3 Å². The second kappa shape index (κ2) is 9.61. The Morgan fingerprint density at radius 1 is 1.08 bits per heavy atom. The van der Waals surface area contributed by atoms with Crippen LogP contribution < -0.4 is 9.47 Å². The molecule has 0 aromatic heterocycles. The van der Waals surface area contributed by atoms with E-state index in [-0.39, 0.29) is 25.0 Å². The average Bonchev–Trinajstić information content (AvgIpc) is 2.89. The molecule has 2 amide bonds. The number of carbonyl (C=O) groups is 2. The van der Waals surface area contributed by atoms with Crippen LogP contribution in [0.15, 0.2) is 23.1 Å². The fourth-order valence-electron chi connectivity index (χ4n) is 2.65. The van der Waals surface area contributed by atoms with Gasteiger partial charge in [0, 0.05) is 26.0 Å². The molecule has 0 spiro atoms. The Morgan fingerprint density at radius 2 is 1.81 bits per heavy atom. The van der Waals surface area contributed by atoms with E-state index in [4.69, 9.17) is 19.3 Å². The minimum absolute atomic E-state index is 0.0848. The van der Waals surface area contributed by atoms with Crippen molar-refractivity contribution in [2.75, 3.05) is 46.8 Å². The van der Waals surface area contributed by atoms with Crippen LogP contribution in [0.1, 0.15) is 12.0 Å². The summed E-state index contributed by atoms with van der Waals surface area (Å²) in [6.07, 6.45) is 0.561. The molecule has 0 atom stereocenters. The Balaban J connectivity index is 2.41. The second-order valence-corrected chi connectivity index (χ2v) is 6.56. The molecule has 0 unspecified atom stereocenters. The van der Waals surface area contributed by atoms with Gasteiger partial charge in [-0.15, -0.1) is 11.8 Å². The van der Waals surface area contributed by atoms with E-state index in [1.807, 2.05) is 0 Å². The zero-order chi connectivity index (χ0) is 19.1. The van der Waals surface area contributed by atoms with Gasteiger partial charge in [0.15, 0.2) is 11.5 Å². The monoisotopic (exact) mass is 381 g/mol. The number of thioether (sulfide) groups is 1. The number of amides is 2. The third-order valence-electron chi connectivity index (χ3n) is 3.87. The molecule has 0 bridgehead atoms. The van der Waals surface area contributed by atoms with Gasteiger partial charge in [0.2, 0.25) is 0 Å². The summed E-state index contributed by atoms with van der Waals surface area (Å²) >= 11 is 1.18. The fraction of sp³-hybridized carbons (Fsp3) is 0.444. The van der Waals surface area contributed by atoms with Gasteiger partial charge in [-0.05, 0) is 24.1 Å². The lowest BCUT2D eigenvalue weighted by atomic mass is 10.1. The molecule has 1 heterocycles. The third-order valence-corrected chi connectivity index (χ3v) is 4.92. The van der Waals surface area contributed by atoms with Crippen molar-refractivity contribution in [3.8, 4) is 11.5 Å². The van der Waals surface area contributed by atoms with Crippen molar-refractivity contribution in [2.45, 2.75) is 6.42 Å². The van der Waals surface area contributed by atoms with Crippen molar-refractivity contribution in [1.82, 2.24) is 4.90 Å². The van der Waals surface area contributed by atoms with Crippen molar-refractivity contribution in [1.29, 1.82) is 0 Å². The summed E-state index contributed by atoms with van der Waals surface area (Å²) in [5, 5.41) is 9.12. The standard InChI is InChI=1S/C18H23NO6S/c1-23-9-4-7-19-17(21)15(16(18(19)22)26-10-8-20)12-5-6-13(24-2)14(11-12)25-3/h5-6,11,20H,4,7-10H2,1-3H3. The number of aliphatic hydroxyl groups excluding tert-OH is 1. The maximum atomic E-state index is 12.9. The van der Waals surface area contributed by atoms with E-state index in [2.05, 4.69) is 0 Å². The quantitative estimate of drug-likeness (QED) is 0.486. The Labute approximate surface area is 156 Å². The summed E-state index contributed by atoms with van der Waals surface area (Å²) in [5.74, 6) is 0.655. The van der Waals surface area contributed by atoms with E-state index < -0.39 is 0 Å². The summed E-state index contributed by atoms with van der Waals surface area (Å²) in [6, 6.07) is 5.10. The molecule has 1 aliphatic rings. The first-order valence-corrected chi connectivity index (χ1v) is 9.13. The first-order valence-electron chi connectivity index (χ1n) is 8.14. The number of imide groups is 1. The minimum atomic E-state index is -0.348. The van der Waals surface area contributed by atoms with Crippen molar-refractivity contribution in [2.24, 2.45) is 0 Å². The fourth-order valence-corrected chi connectivity index (χ4v) is 3.53. The Kier molecular flexibility index (Phi) is 7.50. The van der Waals surface area contributed by atoms with Gasteiger partial charge in [-0.1, -0.05) is 6.07 Å². The first-order chi connectivity index (χ1) is 12.6. The largest absolute Gasteiger partial charge is 0.493 e.